The molecule has 25 heavy (non-hydrogen) atoms. The van der Waals surface area contributed by atoms with E-state index in [2.05, 4.69) is 15.3 Å². The molecule has 0 saturated heterocycles. The summed E-state index contributed by atoms with van der Waals surface area (Å²) in [7, 11) is 1.59. The predicted octanol–water partition coefficient (Wildman–Crippen LogP) is 2.37. The summed E-state index contributed by atoms with van der Waals surface area (Å²) in [5.41, 5.74) is 0.745. The first-order valence-corrected chi connectivity index (χ1v) is 8.54. The molecule has 1 aliphatic carbocycles. The second-order valence-corrected chi connectivity index (χ2v) is 7.66. The van der Waals surface area contributed by atoms with Crippen molar-refractivity contribution in [1.82, 2.24) is 10.2 Å². The van der Waals surface area contributed by atoms with Gasteiger partial charge in [0.15, 0.2) is 0 Å². The Morgan fingerprint density at radius 1 is 1.36 bits per heavy atom. The van der Waals surface area contributed by atoms with E-state index >= 15 is 0 Å². The van der Waals surface area contributed by atoms with Gasteiger partial charge in [0, 0.05) is 19.3 Å². The number of fused-ring (bicyclic) bond motifs is 1. The number of likely N-dealkylation sites (N-methyl/N-ethyl adjacent to an activating group) is 1. The maximum absolute atomic E-state index is 12.4. The summed E-state index contributed by atoms with van der Waals surface area (Å²) >= 11 is 6.12. The van der Waals surface area contributed by atoms with Crippen LogP contribution in [0.5, 0.6) is 0 Å². The molecule has 1 saturated carbocycles. The number of aliphatic imine (C=N–C) groups is 2. The van der Waals surface area contributed by atoms with Crippen LogP contribution in [0.4, 0.5) is 4.79 Å². The molecule has 0 spiro atoms. The van der Waals surface area contributed by atoms with E-state index in [1.165, 1.54) is 11.1 Å². The Balaban J connectivity index is 1.84. The fourth-order valence-corrected chi connectivity index (χ4v) is 2.70. The highest BCUT2D eigenvalue weighted by atomic mass is 35.5. The third-order valence-corrected chi connectivity index (χ3v) is 4.07. The fourth-order valence-electron chi connectivity index (χ4n) is 2.50. The van der Waals surface area contributed by atoms with Gasteiger partial charge >= 0.3 is 6.09 Å². The number of nitrogens with one attached hydrogen (secondary N) is 1. The summed E-state index contributed by atoms with van der Waals surface area (Å²) in [4.78, 5) is 34.7. The summed E-state index contributed by atoms with van der Waals surface area (Å²) < 4.78 is 5.39. The quantitative estimate of drug-likeness (QED) is 0.834. The van der Waals surface area contributed by atoms with Crippen LogP contribution in [-0.2, 0) is 9.53 Å². The molecular weight excluding hydrogens is 344 g/mol. The van der Waals surface area contributed by atoms with Crippen molar-refractivity contribution < 1.29 is 14.3 Å². The van der Waals surface area contributed by atoms with Crippen molar-refractivity contribution in [3.63, 3.8) is 0 Å². The molecule has 2 amide bonds. The normalized spacial score (nSPS) is 22.2. The highest BCUT2D eigenvalue weighted by molar-refractivity contribution is 6.68. The smallest absolute Gasteiger partial charge is 0.414 e. The molecule has 1 unspecified atom stereocenters. The van der Waals surface area contributed by atoms with Gasteiger partial charge in [-0.2, -0.15) is 0 Å². The molecule has 0 aromatic heterocycles. The number of dihydropyridines is 1. The van der Waals surface area contributed by atoms with Crippen LogP contribution in [0, 0.1) is 0 Å². The van der Waals surface area contributed by atoms with E-state index in [0.717, 1.165) is 12.8 Å². The summed E-state index contributed by atoms with van der Waals surface area (Å²) in [5.74, 6) is -0.210. The minimum Gasteiger partial charge on any atom is -0.443 e. The van der Waals surface area contributed by atoms with E-state index in [0.29, 0.717) is 17.0 Å². The number of allylic oxidation sites excluding steroid dienone is 1. The average Bonchev–Trinajstić information content (AvgIpc) is 3.20. The molecule has 2 heterocycles. The Hall–Kier alpha value is -2.15. The van der Waals surface area contributed by atoms with Crippen molar-refractivity contribution in [2.24, 2.45) is 9.98 Å². The molecule has 1 atom stereocenters. The minimum atomic E-state index is -0.620. The maximum Gasteiger partial charge on any atom is 0.414 e. The molecule has 1 fully saturated rings. The van der Waals surface area contributed by atoms with Gasteiger partial charge in [0.1, 0.15) is 16.8 Å². The van der Waals surface area contributed by atoms with Crippen LogP contribution < -0.4 is 5.32 Å². The standard InChI is InChI=1S/C17H21ClN4O3/c1-17(2,3)25-16(24)22(4)11-7-12(18)21-13-10(8-19-14(11)13)15(23)20-9-5-6-9/h7-9,14H,5-6H2,1-4H3,(H,20,23). The largest absolute Gasteiger partial charge is 0.443 e. The average molecular weight is 365 g/mol. The summed E-state index contributed by atoms with van der Waals surface area (Å²) in [6.45, 7) is 5.38. The van der Waals surface area contributed by atoms with Crippen LogP contribution in [0.25, 0.3) is 0 Å². The van der Waals surface area contributed by atoms with Crippen LogP contribution in [0.1, 0.15) is 33.6 Å². The van der Waals surface area contributed by atoms with Crippen molar-refractivity contribution in [2.75, 3.05) is 7.05 Å². The monoisotopic (exact) mass is 364 g/mol. The second-order valence-electron chi connectivity index (χ2n) is 7.27. The number of hydrogen-bond donors (Lipinski definition) is 1. The lowest BCUT2D eigenvalue weighted by Crippen LogP contribution is -2.38. The molecule has 3 aliphatic rings. The Morgan fingerprint density at radius 3 is 2.64 bits per heavy atom. The highest BCUT2D eigenvalue weighted by Gasteiger charge is 2.37. The summed E-state index contributed by atoms with van der Waals surface area (Å²) in [6, 6.07) is -0.310. The molecule has 0 radical (unpaired) electrons. The van der Waals surface area contributed by atoms with Crippen molar-refractivity contribution in [3.05, 3.63) is 23.0 Å². The molecule has 7 nitrogen and oxygen atoms in total. The van der Waals surface area contributed by atoms with Crippen LogP contribution in [0.15, 0.2) is 33.0 Å². The number of hydrogen-bond acceptors (Lipinski definition) is 5. The molecule has 0 bridgehead atoms. The molecule has 0 aromatic carbocycles. The van der Waals surface area contributed by atoms with Gasteiger partial charge in [-0.25, -0.2) is 9.79 Å². The molecule has 0 aromatic rings. The minimum absolute atomic E-state index is 0.193. The zero-order valence-electron chi connectivity index (χ0n) is 14.7. The zero-order valence-corrected chi connectivity index (χ0v) is 15.4. The van der Waals surface area contributed by atoms with Crippen LogP contribution in [0.2, 0.25) is 0 Å². The van der Waals surface area contributed by atoms with E-state index in [1.807, 2.05) is 0 Å². The van der Waals surface area contributed by atoms with Crippen molar-refractivity contribution in [2.45, 2.75) is 51.3 Å². The van der Waals surface area contributed by atoms with Gasteiger partial charge < -0.3 is 10.1 Å². The number of carbonyl (C=O) groups is 2. The van der Waals surface area contributed by atoms with Crippen LogP contribution in [-0.4, -0.2) is 53.0 Å². The molecular formula is C17H21ClN4O3. The Labute approximate surface area is 151 Å². The topological polar surface area (TPSA) is 83.4 Å². The predicted molar refractivity (Wildman–Crippen MR) is 95.8 cm³/mol. The number of carbonyl (C=O) groups excluding carboxylic acids is 2. The fraction of sp³-hybridized carbons (Fsp3) is 0.529. The highest BCUT2D eigenvalue weighted by Crippen LogP contribution is 2.32. The number of nitrogens with zero attached hydrogens (tertiary/aromatic N) is 3. The lowest BCUT2D eigenvalue weighted by Gasteiger charge is -2.29. The van der Waals surface area contributed by atoms with Gasteiger partial charge in [0.05, 0.1) is 17.0 Å². The molecule has 8 heteroatoms. The van der Waals surface area contributed by atoms with E-state index in [9.17, 15) is 9.59 Å². The number of rotatable bonds is 3. The van der Waals surface area contributed by atoms with Crippen LogP contribution >= 0.6 is 11.6 Å². The van der Waals surface area contributed by atoms with E-state index in [1.54, 1.807) is 33.9 Å². The molecule has 3 rings (SSSR count). The number of amides is 2. The van der Waals surface area contributed by atoms with Crippen molar-refractivity contribution in [3.8, 4) is 0 Å². The zero-order chi connectivity index (χ0) is 18.4. The van der Waals surface area contributed by atoms with Crippen LogP contribution in [0.3, 0.4) is 0 Å². The molecule has 2 aliphatic heterocycles. The van der Waals surface area contributed by atoms with E-state index in [-0.39, 0.29) is 17.1 Å². The number of ether oxygens (including phenoxy) is 1. The maximum atomic E-state index is 12.4. The summed E-state index contributed by atoms with van der Waals surface area (Å²) in [6.07, 6.45) is 4.53. The molecule has 1 N–H and O–H groups in total. The van der Waals surface area contributed by atoms with Gasteiger partial charge in [-0.1, -0.05) is 11.6 Å². The van der Waals surface area contributed by atoms with Gasteiger partial charge in [0.2, 0.25) is 0 Å². The Bertz CT molecular complexity index is 741. The number of halogens is 1. The third-order valence-electron chi connectivity index (χ3n) is 3.87. The Kier molecular flexibility index (Phi) is 4.45. The lowest BCUT2D eigenvalue weighted by atomic mass is 10.1. The van der Waals surface area contributed by atoms with Gasteiger partial charge in [-0.3, -0.25) is 14.7 Å². The third kappa shape index (κ3) is 3.92. The van der Waals surface area contributed by atoms with Gasteiger partial charge in [-0.15, -0.1) is 0 Å². The first-order valence-electron chi connectivity index (χ1n) is 8.16. The van der Waals surface area contributed by atoms with E-state index < -0.39 is 17.7 Å². The summed E-state index contributed by atoms with van der Waals surface area (Å²) in [5, 5.41) is 3.11. The van der Waals surface area contributed by atoms with Crippen molar-refractivity contribution >= 4 is 35.0 Å². The second kappa shape index (κ2) is 6.29. The van der Waals surface area contributed by atoms with Crippen molar-refractivity contribution in [1.29, 1.82) is 0 Å². The Morgan fingerprint density at radius 2 is 2.04 bits per heavy atom. The SMILES string of the molecule is CN(C(=O)OC(C)(C)C)C1=CC(Cl)=NC2=C(C(=O)NC3CC3)C=NC12. The van der Waals surface area contributed by atoms with E-state index in [4.69, 9.17) is 16.3 Å². The lowest BCUT2D eigenvalue weighted by molar-refractivity contribution is -0.117. The molecule has 134 valence electrons. The van der Waals surface area contributed by atoms with Gasteiger partial charge in [-0.05, 0) is 39.7 Å². The van der Waals surface area contributed by atoms with Gasteiger partial charge in [0.25, 0.3) is 5.91 Å². The first kappa shape index (κ1) is 17.7. The first-order chi connectivity index (χ1) is 11.7.